The van der Waals surface area contributed by atoms with Crippen LogP contribution in [0, 0.1) is 0 Å². The van der Waals surface area contributed by atoms with Crippen molar-refractivity contribution < 1.29 is 4.58 Å². The fraction of sp³-hybridized carbons (Fsp3) is 0.410. The number of anilines is 1. The van der Waals surface area contributed by atoms with E-state index in [1.165, 1.54) is 74.2 Å². The summed E-state index contributed by atoms with van der Waals surface area (Å²) < 4.78 is 2.40. The second-order valence-electron chi connectivity index (χ2n) is 13.4. The number of nitrogens with zero attached hydrogens (tertiary/aromatic N) is 2. The van der Waals surface area contributed by atoms with E-state index in [4.69, 9.17) is 0 Å². The molecule has 2 heteroatoms. The van der Waals surface area contributed by atoms with Gasteiger partial charge in [-0.3, -0.25) is 0 Å². The monoisotopic (exact) mass is 543 g/mol. The van der Waals surface area contributed by atoms with Gasteiger partial charge in [-0.2, -0.15) is 4.58 Å². The first kappa shape index (κ1) is 27.8. The quantitative estimate of drug-likeness (QED) is 0.269. The largest absolute Gasteiger partial charge is 0.347 e. The topological polar surface area (TPSA) is 6.25 Å². The molecule has 0 unspecified atom stereocenters. The van der Waals surface area contributed by atoms with E-state index in [0.717, 1.165) is 0 Å². The molecule has 0 radical (unpaired) electrons. The maximum absolute atomic E-state index is 2.40. The number of fused-ring (bicyclic) bond motifs is 6. The fourth-order valence-electron chi connectivity index (χ4n) is 8.19. The van der Waals surface area contributed by atoms with Gasteiger partial charge in [0.05, 0.1) is 5.41 Å². The van der Waals surface area contributed by atoms with E-state index in [9.17, 15) is 0 Å². The summed E-state index contributed by atoms with van der Waals surface area (Å²) in [5, 5.41) is 0. The first-order valence-corrected chi connectivity index (χ1v) is 15.8. The summed E-state index contributed by atoms with van der Waals surface area (Å²) in [7, 11) is 4.45. The summed E-state index contributed by atoms with van der Waals surface area (Å²) in [6, 6.07) is 9.44. The normalized spacial score (nSPS) is 22.0. The number of hydrogen-bond acceptors (Lipinski definition) is 1. The zero-order valence-electron chi connectivity index (χ0n) is 26.1. The number of rotatable bonds is 5. The molecule has 2 nitrogen and oxygen atoms in total. The zero-order chi connectivity index (χ0) is 28.8. The molecule has 212 valence electrons. The molecule has 0 saturated heterocycles. The Morgan fingerprint density at radius 1 is 0.659 bits per heavy atom. The van der Waals surface area contributed by atoms with Crippen molar-refractivity contribution in [2.45, 2.75) is 89.9 Å². The molecule has 2 heterocycles. The summed E-state index contributed by atoms with van der Waals surface area (Å²) in [5.41, 5.74) is 15.1. The van der Waals surface area contributed by atoms with Crippen molar-refractivity contribution in [3.8, 4) is 0 Å². The highest BCUT2D eigenvalue weighted by Gasteiger charge is 2.45. The fourth-order valence-corrected chi connectivity index (χ4v) is 8.19. The standard InChI is InChI=1S/C39H47N2/c1-38(2)34(40(5)32-26-24-28-18-14-16-20-30(28)36(32)38)22-12-10-8-7-9-11-13-23-35-39(3,4)37-31-21-17-15-19-29(31)25-27-33(37)41(35)6/h7-13,22-27H,14-21H2,1-6H3/q+1. The van der Waals surface area contributed by atoms with Crippen molar-refractivity contribution in [2.24, 2.45) is 0 Å². The summed E-state index contributed by atoms with van der Waals surface area (Å²) in [5.74, 6) is 0. The van der Waals surface area contributed by atoms with E-state index in [0.29, 0.717) is 0 Å². The highest BCUT2D eigenvalue weighted by Crippen LogP contribution is 2.50. The molecule has 6 rings (SSSR count). The number of allylic oxidation sites excluding steroid dienone is 10. The lowest BCUT2D eigenvalue weighted by Gasteiger charge is -2.27. The molecule has 0 amide bonds. The molecular formula is C39H47N2+. The Balaban J connectivity index is 1.12. The smallest absolute Gasteiger partial charge is 0.209 e. The Morgan fingerprint density at radius 3 is 1.90 bits per heavy atom. The van der Waals surface area contributed by atoms with Crippen LogP contribution in [0.5, 0.6) is 0 Å². The molecule has 2 aliphatic heterocycles. The molecule has 0 spiro atoms. The van der Waals surface area contributed by atoms with Crippen LogP contribution in [0.25, 0.3) is 0 Å². The summed E-state index contributed by atoms with van der Waals surface area (Å²) in [6.45, 7) is 9.57. The lowest BCUT2D eigenvalue weighted by Crippen LogP contribution is -2.28. The summed E-state index contributed by atoms with van der Waals surface area (Å²) in [6.07, 6.45) is 29.9. The summed E-state index contributed by atoms with van der Waals surface area (Å²) in [4.78, 5) is 2.40. The lowest BCUT2D eigenvalue weighted by molar-refractivity contribution is -0.401. The van der Waals surface area contributed by atoms with Crippen molar-refractivity contribution in [1.82, 2.24) is 0 Å². The third-order valence-corrected chi connectivity index (χ3v) is 10.2. The average molecular weight is 544 g/mol. The number of likely N-dealkylation sites (N-methyl/N-ethyl adjacent to an activating group) is 1. The Morgan fingerprint density at radius 2 is 1.22 bits per heavy atom. The predicted molar refractivity (Wildman–Crippen MR) is 176 cm³/mol. The minimum Gasteiger partial charge on any atom is -0.347 e. The molecule has 2 aromatic carbocycles. The molecular weight excluding hydrogens is 496 g/mol. The Labute approximate surface area is 248 Å². The molecule has 2 aliphatic carbocycles. The van der Waals surface area contributed by atoms with Gasteiger partial charge in [0.1, 0.15) is 7.05 Å². The third kappa shape index (κ3) is 4.70. The molecule has 0 aromatic heterocycles. The second kappa shape index (κ2) is 10.8. The van der Waals surface area contributed by atoms with Gasteiger partial charge in [-0.15, -0.1) is 0 Å². The van der Waals surface area contributed by atoms with E-state index in [1.807, 2.05) is 0 Å². The van der Waals surface area contributed by atoms with Gasteiger partial charge in [0.15, 0.2) is 5.71 Å². The third-order valence-electron chi connectivity index (χ3n) is 10.2. The highest BCUT2D eigenvalue weighted by atomic mass is 15.2. The minimum atomic E-state index is 0.0311. The van der Waals surface area contributed by atoms with Crippen molar-refractivity contribution in [3.05, 3.63) is 118 Å². The molecule has 0 fully saturated rings. The van der Waals surface area contributed by atoms with Crippen LogP contribution < -0.4 is 4.90 Å². The van der Waals surface area contributed by atoms with Gasteiger partial charge >= 0.3 is 0 Å². The van der Waals surface area contributed by atoms with Crippen LogP contribution in [0.4, 0.5) is 11.4 Å². The number of aryl methyl sites for hydroxylation is 2. The van der Waals surface area contributed by atoms with E-state index < -0.39 is 0 Å². The van der Waals surface area contributed by atoms with Crippen molar-refractivity contribution in [3.63, 3.8) is 0 Å². The Bertz CT molecular complexity index is 1550. The van der Waals surface area contributed by atoms with Crippen LogP contribution in [0.3, 0.4) is 0 Å². The van der Waals surface area contributed by atoms with E-state index in [1.54, 1.807) is 33.4 Å². The van der Waals surface area contributed by atoms with Gasteiger partial charge < -0.3 is 4.90 Å². The van der Waals surface area contributed by atoms with Gasteiger partial charge in [-0.25, -0.2) is 0 Å². The van der Waals surface area contributed by atoms with Gasteiger partial charge in [-0.1, -0.05) is 68.5 Å². The summed E-state index contributed by atoms with van der Waals surface area (Å²) >= 11 is 0. The van der Waals surface area contributed by atoms with Crippen LogP contribution >= 0.6 is 0 Å². The highest BCUT2D eigenvalue weighted by molar-refractivity contribution is 6.03. The second-order valence-corrected chi connectivity index (χ2v) is 13.4. The SMILES string of the molecule is CN1C(=CC=CC=CC=CC=CC2=[N+](C)c3ccc4c(c3C2(C)C)CCCC4)C(C)(C)c2c1ccc1c2CCCC1. The van der Waals surface area contributed by atoms with Crippen molar-refractivity contribution in [2.75, 3.05) is 19.0 Å². The van der Waals surface area contributed by atoms with Crippen LogP contribution in [0.15, 0.2) is 84.6 Å². The maximum atomic E-state index is 2.40. The molecule has 0 saturated carbocycles. The molecule has 0 bridgehead atoms. The predicted octanol–water partition coefficient (Wildman–Crippen LogP) is 8.99. The maximum Gasteiger partial charge on any atom is 0.209 e. The lowest BCUT2D eigenvalue weighted by atomic mass is 9.75. The Kier molecular flexibility index (Phi) is 7.30. The molecule has 4 aliphatic rings. The van der Waals surface area contributed by atoms with Crippen LogP contribution in [-0.2, 0) is 36.5 Å². The van der Waals surface area contributed by atoms with Gasteiger partial charge in [-0.05, 0) is 105 Å². The first-order valence-electron chi connectivity index (χ1n) is 15.8. The van der Waals surface area contributed by atoms with Crippen LogP contribution in [0.1, 0.15) is 86.8 Å². The minimum absolute atomic E-state index is 0.0311. The van der Waals surface area contributed by atoms with Crippen molar-refractivity contribution >= 4 is 17.1 Å². The number of hydrogen-bond donors (Lipinski definition) is 0. The van der Waals surface area contributed by atoms with Gasteiger partial charge in [0.2, 0.25) is 5.69 Å². The zero-order valence-corrected chi connectivity index (χ0v) is 26.1. The van der Waals surface area contributed by atoms with Crippen LogP contribution in [0.2, 0.25) is 0 Å². The first-order chi connectivity index (χ1) is 19.7. The van der Waals surface area contributed by atoms with Gasteiger partial charge in [0, 0.05) is 41.6 Å². The Hall–Kier alpha value is -3.39. The molecule has 0 N–H and O–H groups in total. The van der Waals surface area contributed by atoms with E-state index in [-0.39, 0.29) is 10.8 Å². The van der Waals surface area contributed by atoms with Crippen molar-refractivity contribution in [1.29, 1.82) is 0 Å². The van der Waals surface area contributed by atoms with Crippen LogP contribution in [-0.4, -0.2) is 24.4 Å². The molecule has 0 atom stereocenters. The van der Waals surface area contributed by atoms with Gasteiger partial charge in [0.25, 0.3) is 0 Å². The average Bonchev–Trinajstić information content (AvgIpc) is 3.29. The molecule has 41 heavy (non-hydrogen) atoms. The van der Waals surface area contributed by atoms with E-state index >= 15 is 0 Å². The van der Waals surface area contributed by atoms with E-state index in [2.05, 4.69) is 130 Å². The molecule has 2 aromatic rings. The number of benzene rings is 2.